The van der Waals surface area contributed by atoms with Crippen LogP contribution < -0.4 is 4.90 Å². The second-order valence-electron chi connectivity index (χ2n) is 5.66. The highest BCUT2D eigenvalue weighted by molar-refractivity contribution is 5.96. The van der Waals surface area contributed by atoms with Crippen molar-refractivity contribution in [2.45, 2.75) is 39.0 Å². The highest BCUT2D eigenvalue weighted by Gasteiger charge is 2.11. The zero-order valence-corrected chi connectivity index (χ0v) is 12.6. The number of nitrogens with zero attached hydrogens (tertiary/aromatic N) is 1. The number of fused-ring (bicyclic) bond motifs is 1. The fourth-order valence-corrected chi connectivity index (χ4v) is 2.80. The maximum absolute atomic E-state index is 2.35. The van der Waals surface area contributed by atoms with Gasteiger partial charge in [-0.15, -0.1) is 0 Å². The van der Waals surface area contributed by atoms with Gasteiger partial charge in [0.2, 0.25) is 0 Å². The summed E-state index contributed by atoms with van der Waals surface area (Å²) in [4.78, 5) is 2.20. The lowest BCUT2D eigenvalue weighted by Crippen LogP contribution is -2.09. The van der Waals surface area contributed by atoms with Crippen LogP contribution in [0.4, 0.5) is 5.69 Å². The summed E-state index contributed by atoms with van der Waals surface area (Å²) in [7, 11) is 4.23. The number of unbranched alkanes of at least 4 members (excludes halogenated alkanes) is 1. The SMILES string of the molecule is CCCCC(C)c1cccc2c(N(C)C)cccc12. The number of anilines is 1. The van der Waals surface area contributed by atoms with E-state index in [0.717, 1.165) is 0 Å². The second kappa shape index (κ2) is 6.10. The summed E-state index contributed by atoms with van der Waals surface area (Å²) in [5.74, 6) is 0.640. The molecule has 1 atom stereocenters. The average molecular weight is 255 g/mol. The summed E-state index contributed by atoms with van der Waals surface area (Å²) in [6.07, 6.45) is 3.87. The number of hydrogen-bond acceptors (Lipinski definition) is 1. The van der Waals surface area contributed by atoms with Crippen LogP contribution in [-0.2, 0) is 0 Å². The largest absolute Gasteiger partial charge is 0.377 e. The number of hydrogen-bond donors (Lipinski definition) is 0. The van der Waals surface area contributed by atoms with Crippen molar-refractivity contribution >= 4 is 16.5 Å². The first-order chi connectivity index (χ1) is 9.15. The Morgan fingerprint density at radius 2 is 1.68 bits per heavy atom. The van der Waals surface area contributed by atoms with Gasteiger partial charge in [-0.25, -0.2) is 0 Å². The summed E-state index contributed by atoms with van der Waals surface area (Å²) in [6.45, 7) is 4.62. The summed E-state index contributed by atoms with van der Waals surface area (Å²) < 4.78 is 0. The predicted octanol–water partition coefficient (Wildman–Crippen LogP) is 5.20. The molecule has 2 aromatic carbocycles. The summed E-state index contributed by atoms with van der Waals surface area (Å²) in [6, 6.07) is 13.4. The first kappa shape index (κ1) is 13.9. The minimum absolute atomic E-state index is 0.640. The maximum Gasteiger partial charge on any atom is 0.0440 e. The Labute approximate surface area is 117 Å². The lowest BCUT2D eigenvalue weighted by Gasteiger charge is -2.19. The molecule has 0 aromatic heterocycles. The molecule has 0 saturated heterocycles. The molecule has 0 aliphatic heterocycles. The molecule has 19 heavy (non-hydrogen) atoms. The van der Waals surface area contributed by atoms with Crippen LogP contribution in [-0.4, -0.2) is 14.1 Å². The molecular formula is C18H25N. The van der Waals surface area contributed by atoms with Crippen molar-refractivity contribution < 1.29 is 0 Å². The predicted molar refractivity (Wildman–Crippen MR) is 86.2 cm³/mol. The van der Waals surface area contributed by atoms with Crippen molar-refractivity contribution in [3.63, 3.8) is 0 Å². The van der Waals surface area contributed by atoms with Crippen LogP contribution in [0.5, 0.6) is 0 Å². The third kappa shape index (κ3) is 2.91. The van der Waals surface area contributed by atoms with Gasteiger partial charge in [0.15, 0.2) is 0 Å². The molecule has 0 radical (unpaired) electrons. The molecule has 0 fully saturated rings. The molecule has 0 bridgehead atoms. The van der Waals surface area contributed by atoms with Gasteiger partial charge in [0.05, 0.1) is 0 Å². The van der Waals surface area contributed by atoms with E-state index in [9.17, 15) is 0 Å². The third-order valence-corrected chi connectivity index (χ3v) is 3.94. The highest BCUT2D eigenvalue weighted by Crippen LogP contribution is 2.33. The molecule has 2 aromatic rings. The van der Waals surface area contributed by atoms with E-state index in [4.69, 9.17) is 0 Å². The van der Waals surface area contributed by atoms with E-state index in [2.05, 4.69) is 69.2 Å². The zero-order valence-electron chi connectivity index (χ0n) is 12.6. The molecule has 1 heteroatoms. The van der Waals surface area contributed by atoms with Crippen molar-refractivity contribution in [2.24, 2.45) is 0 Å². The van der Waals surface area contributed by atoms with Gasteiger partial charge in [-0.3, -0.25) is 0 Å². The van der Waals surface area contributed by atoms with Crippen LogP contribution in [0.2, 0.25) is 0 Å². The zero-order chi connectivity index (χ0) is 13.8. The van der Waals surface area contributed by atoms with Gasteiger partial charge >= 0.3 is 0 Å². The molecule has 0 saturated carbocycles. The molecule has 0 aliphatic carbocycles. The van der Waals surface area contributed by atoms with Crippen molar-refractivity contribution in [1.82, 2.24) is 0 Å². The smallest absolute Gasteiger partial charge is 0.0440 e. The molecule has 1 unspecified atom stereocenters. The Balaban J connectivity index is 2.48. The molecular weight excluding hydrogens is 230 g/mol. The normalized spacial score (nSPS) is 12.6. The molecule has 0 heterocycles. The summed E-state index contributed by atoms with van der Waals surface area (Å²) >= 11 is 0. The lowest BCUT2D eigenvalue weighted by molar-refractivity contribution is 0.627. The number of benzene rings is 2. The molecule has 0 N–H and O–H groups in total. The van der Waals surface area contributed by atoms with Crippen LogP contribution in [0.1, 0.15) is 44.6 Å². The third-order valence-electron chi connectivity index (χ3n) is 3.94. The van der Waals surface area contributed by atoms with E-state index in [1.165, 1.54) is 41.3 Å². The number of rotatable bonds is 5. The fraction of sp³-hybridized carbons (Fsp3) is 0.444. The van der Waals surface area contributed by atoms with Gasteiger partial charge in [-0.2, -0.15) is 0 Å². The lowest BCUT2D eigenvalue weighted by atomic mass is 9.90. The van der Waals surface area contributed by atoms with Crippen LogP contribution >= 0.6 is 0 Å². The molecule has 102 valence electrons. The van der Waals surface area contributed by atoms with E-state index in [1.54, 1.807) is 0 Å². The Morgan fingerprint density at radius 1 is 1.00 bits per heavy atom. The second-order valence-corrected chi connectivity index (χ2v) is 5.66. The van der Waals surface area contributed by atoms with Gasteiger partial charge in [0, 0.05) is 25.2 Å². The van der Waals surface area contributed by atoms with Crippen molar-refractivity contribution in [1.29, 1.82) is 0 Å². The van der Waals surface area contributed by atoms with E-state index in [1.807, 2.05) is 0 Å². The highest BCUT2D eigenvalue weighted by atomic mass is 15.1. The molecule has 0 aliphatic rings. The van der Waals surface area contributed by atoms with Crippen LogP contribution in [0, 0.1) is 0 Å². The van der Waals surface area contributed by atoms with E-state index < -0.39 is 0 Å². The van der Waals surface area contributed by atoms with E-state index >= 15 is 0 Å². The van der Waals surface area contributed by atoms with E-state index in [-0.39, 0.29) is 0 Å². The molecule has 1 nitrogen and oxygen atoms in total. The fourth-order valence-electron chi connectivity index (χ4n) is 2.80. The molecule has 2 rings (SSSR count). The topological polar surface area (TPSA) is 3.24 Å². The quantitative estimate of drug-likeness (QED) is 0.710. The summed E-state index contributed by atoms with van der Waals surface area (Å²) in [5, 5.41) is 2.78. The van der Waals surface area contributed by atoms with Crippen LogP contribution in [0.25, 0.3) is 10.8 Å². The van der Waals surface area contributed by atoms with Gasteiger partial charge < -0.3 is 4.90 Å². The first-order valence-corrected chi connectivity index (χ1v) is 7.34. The molecule has 0 spiro atoms. The Morgan fingerprint density at radius 3 is 2.37 bits per heavy atom. The standard InChI is InChI=1S/C18H25N/c1-5-6-9-14(2)15-10-7-12-17-16(15)11-8-13-18(17)19(3)4/h7-8,10-14H,5-6,9H2,1-4H3. The summed E-state index contributed by atoms with van der Waals surface area (Å²) in [5.41, 5.74) is 2.80. The van der Waals surface area contributed by atoms with Gasteiger partial charge in [-0.05, 0) is 29.4 Å². The van der Waals surface area contributed by atoms with Crippen LogP contribution in [0.15, 0.2) is 36.4 Å². The first-order valence-electron chi connectivity index (χ1n) is 7.34. The van der Waals surface area contributed by atoms with E-state index in [0.29, 0.717) is 5.92 Å². The minimum Gasteiger partial charge on any atom is -0.377 e. The van der Waals surface area contributed by atoms with Crippen LogP contribution in [0.3, 0.4) is 0 Å². The molecule has 0 amide bonds. The average Bonchev–Trinajstić information content (AvgIpc) is 2.43. The Bertz CT molecular complexity index is 542. The minimum atomic E-state index is 0.640. The van der Waals surface area contributed by atoms with Crippen molar-refractivity contribution in [3.8, 4) is 0 Å². The van der Waals surface area contributed by atoms with Gasteiger partial charge in [-0.1, -0.05) is 57.0 Å². The maximum atomic E-state index is 2.35. The monoisotopic (exact) mass is 255 g/mol. The van der Waals surface area contributed by atoms with Crippen molar-refractivity contribution in [2.75, 3.05) is 19.0 Å². The Kier molecular flexibility index (Phi) is 4.47. The van der Waals surface area contributed by atoms with Crippen molar-refractivity contribution in [3.05, 3.63) is 42.0 Å². The van der Waals surface area contributed by atoms with Gasteiger partial charge in [0.1, 0.15) is 0 Å². The van der Waals surface area contributed by atoms with Gasteiger partial charge in [0.25, 0.3) is 0 Å². The Hall–Kier alpha value is -1.50.